The van der Waals surface area contributed by atoms with E-state index in [4.69, 9.17) is 9.15 Å². The summed E-state index contributed by atoms with van der Waals surface area (Å²) in [5.74, 6) is 1.12. The van der Waals surface area contributed by atoms with Crippen LogP contribution in [0.25, 0.3) is 11.5 Å². The van der Waals surface area contributed by atoms with Gasteiger partial charge in [0.25, 0.3) is 0 Å². The number of hydrogen-bond acceptors (Lipinski definition) is 5. The van der Waals surface area contributed by atoms with E-state index in [1.54, 1.807) is 0 Å². The van der Waals surface area contributed by atoms with Gasteiger partial charge in [-0.3, -0.25) is 0 Å². The number of rotatable bonds is 4. The van der Waals surface area contributed by atoms with Gasteiger partial charge in [-0.05, 0) is 31.5 Å². The molecule has 1 N–H and O–H groups in total. The zero-order valence-corrected chi connectivity index (χ0v) is 10.9. The summed E-state index contributed by atoms with van der Waals surface area (Å²) in [7, 11) is 0. The van der Waals surface area contributed by atoms with Gasteiger partial charge in [-0.15, -0.1) is 10.2 Å². The summed E-state index contributed by atoms with van der Waals surface area (Å²) in [6.07, 6.45) is 2.46. The van der Waals surface area contributed by atoms with Crippen LogP contribution >= 0.6 is 0 Å². The average Bonchev–Trinajstić information content (AvgIpc) is 3.13. The molecule has 0 amide bonds. The Morgan fingerprint density at radius 3 is 3.11 bits per heavy atom. The summed E-state index contributed by atoms with van der Waals surface area (Å²) >= 11 is 0. The maximum atomic E-state index is 5.43. The summed E-state index contributed by atoms with van der Waals surface area (Å²) in [5, 5.41) is 11.1. The second-order valence-electron chi connectivity index (χ2n) is 4.88. The van der Waals surface area contributed by atoms with Gasteiger partial charge in [0, 0.05) is 29.8 Å². The van der Waals surface area contributed by atoms with Crippen LogP contribution < -0.4 is 5.32 Å². The fourth-order valence-corrected chi connectivity index (χ4v) is 2.37. The highest BCUT2D eigenvalue weighted by Crippen LogP contribution is 2.23. The van der Waals surface area contributed by atoms with Crippen molar-refractivity contribution in [1.29, 1.82) is 0 Å². The molecule has 0 aliphatic carbocycles. The lowest BCUT2D eigenvalue weighted by Gasteiger charge is -2.20. The maximum Gasteiger partial charge on any atom is 0.247 e. The Labute approximate surface area is 112 Å². The van der Waals surface area contributed by atoms with Gasteiger partial charge in [0.1, 0.15) is 0 Å². The van der Waals surface area contributed by atoms with Crippen LogP contribution in [0.15, 0.2) is 35.1 Å². The molecule has 0 radical (unpaired) electrons. The lowest BCUT2D eigenvalue weighted by molar-refractivity contribution is 0.183. The Morgan fingerprint density at radius 2 is 2.37 bits per heavy atom. The van der Waals surface area contributed by atoms with Gasteiger partial charge >= 0.3 is 0 Å². The minimum Gasteiger partial charge on any atom is -0.423 e. The molecule has 2 unspecified atom stereocenters. The Kier molecular flexibility index (Phi) is 3.46. The zero-order valence-electron chi connectivity index (χ0n) is 10.9. The van der Waals surface area contributed by atoms with Gasteiger partial charge in [0.15, 0.2) is 0 Å². The van der Waals surface area contributed by atoms with E-state index >= 15 is 0 Å². The third kappa shape index (κ3) is 2.76. The first kappa shape index (κ1) is 12.2. The molecule has 2 atom stereocenters. The van der Waals surface area contributed by atoms with Crippen LogP contribution in [0, 0.1) is 5.92 Å². The van der Waals surface area contributed by atoms with E-state index in [1.807, 2.05) is 24.3 Å². The molecule has 0 saturated carbocycles. The van der Waals surface area contributed by atoms with Gasteiger partial charge in [-0.1, -0.05) is 6.07 Å². The molecular weight excluding hydrogens is 242 g/mol. The third-order valence-electron chi connectivity index (χ3n) is 3.54. The Bertz CT molecular complexity index is 521. The van der Waals surface area contributed by atoms with Gasteiger partial charge in [0.05, 0.1) is 6.61 Å². The highest BCUT2D eigenvalue weighted by Gasteiger charge is 2.22. The van der Waals surface area contributed by atoms with Crippen LogP contribution in [0.5, 0.6) is 0 Å². The molecule has 1 aromatic carbocycles. The third-order valence-corrected chi connectivity index (χ3v) is 3.54. The Hall–Kier alpha value is -1.88. The average molecular weight is 259 g/mol. The molecule has 0 bridgehead atoms. The monoisotopic (exact) mass is 259 g/mol. The van der Waals surface area contributed by atoms with E-state index in [9.17, 15) is 0 Å². The summed E-state index contributed by atoms with van der Waals surface area (Å²) < 4.78 is 10.6. The van der Waals surface area contributed by atoms with Crippen molar-refractivity contribution >= 4 is 5.69 Å². The second-order valence-corrected chi connectivity index (χ2v) is 4.88. The van der Waals surface area contributed by atoms with E-state index in [0.29, 0.717) is 17.9 Å². The molecule has 19 heavy (non-hydrogen) atoms. The quantitative estimate of drug-likeness (QED) is 0.914. The van der Waals surface area contributed by atoms with Crippen molar-refractivity contribution in [2.45, 2.75) is 19.4 Å². The number of nitrogens with zero attached hydrogens (tertiary/aromatic N) is 2. The van der Waals surface area contributed by atoms with Crippen molar-refractivity contribution in [3.05, 3.63) is 30.7 Å². The maximum absolute atomic E-state index is 5.43. The molecule has 1 aliphatic rings. The van der Waals surface area contributed by atoms with E-state index in [-0.39, 0.29) is 0 Å². The SMILES string of the molecule is CC(Nc1cccc(-c2nnco2)c1)C1CCOC1. The highest BCUT2D eigenvalue weighted by molar-refractivity contribution is 5.61. The van der Waals surface area contributed by atoms with Crippen molar-refractivity contribution in [3.63, 3.8) is 0 Å². The largest absolute Gasteiger partial charge is 0.423 e. The van der Waals surface area contributed by atoms with E-state index in [1.165, 1.54) is 6.39 Å². The van der Waals surface area contributed by atoms with E-state index in [2.05, 4.69) is 22.4 Å². The number of benzene rings is 1. The lowest BCUT2D eigenvalue weighted by atomic mass is 10.0. The smallest absolute Gasteiger partial charge is 0.247 e. The first-order valence-corrected chi connectivity index (χ1v) is 6.54. The van der Waals surface area contributed by atoms with Crippen LogP contribution in [0.3, 0.4) is 0 Å². The normalized spacial score (nSPS) is 20.4. The molecule has 100 valence electrons. The molecule has 5 nitrogen and oxygen atoms in total. The first-order chi connectivity index (χ1) is 9.33. The molecule has 1 aromatic heterocycles. The van der Waals surface area contributed by atoms with Crippen LogP contribution in [0.2, 0.25) is 0 Å². The van der Waals surface area contributed by atoms with Crippen molar-refractivity contribution in [2.24, 2.45) is 5.92 Å². The Morgan fingerprint density at radius 1 is 1.42 bits per heavy atom. The van der Waals surface area contributed by atoms with Crippen LogP contribution in [0.4, 0.5) is 5.69 Å². The van der Waals surface area contributed by atoms with Crippen molar-refractivity contribution < 1.29 is 9.15 Å². The minimum absolute atomic E-state index is 0.389. The molecule has 1 saturated heterocycles. The molecule has 1 fully saturated rings. The summed E-state index contributed by atoms with van der Waals surface area (Å²) in [5.41, 5.74) is 1.99. The second kappa shape index (κ2) is 5.40. The minimum atomic E-state index is 0.389. The molecule has 1 aliphatic heterocycles. The molecule has 3 rings (SSSR count). The van der Waals surface area contributed by atoms with Gasteiger partial charge in [-0.2, -0.15) is 0 Å². The van der Waals surface area contributed by atoms with E-state index in [0.717, 1.165) is 30.9 Å². The van der Waals surface area contributed by atoms with Gasteiger partial charge in [-0.25, -0.2) is 0 Å². The fraction of sp³-hybridized carbons (Fsp3) is 0.429. The Balaban J connectivity index is 1.72. The van der Waals surface area contributed by atoms with Crippen molar-refractivity contribution in [2.75, 3.05) is 18.5 Å². The number of ether oxygens (including phenoxy) is 1. The summed E-state index contributed by atoms with van der Waals surface area (Å²) in [6.45, 7) is 3.91. The molecular formula is C14H17N3O2. The molecule has 2 heterocycles. The van der Waals surface area contributed by atoms with Crippen LogP contribution in [0.1, 0.15) is 13.3 Å². The summed E-state index contributed by atoms with van der Waals surface area (Å²) in [4.78, 5) is 0. The number of nitrogens with one attached hydrogen (secondary N) is 1. The molecule has 2 aromatic rings. The number of aromatic nitrogens is 2. The topological polar surface area (TPSA) is 60.2 Å². The molecule has 0 spiro atoms. The van der Waals surface area contributed by atoms with Gasteiger partial charge in [0.2, 0.25) is 12.3 Å². The predicted octanol–water partition coefficient (Wildman–Crippen LogP) is 2.57. The van der Waals surface area contributed by atoms with E-state index < -0.39 is 0 Å². The first-order valence-electron chi connectivity index (χ1n) is 6.54. The fourth-order valence-electron chi connectivity index (χ4n) is 2.37. The van der Waals surface area contributed by atoms with Crippen molar-refractivity contribution in [3.8, 4) is 11.5 Å². The lowest BCUT2D eigenvalue weighted by Crippen LogP contribution is -2.26. The van der Waals surface area contributed by atoms with Gasteiger partial charge < -0.3 is 14.5 Å². The molecule has 5 heteroatoms. The van der Waals surface area contributed by atoms with Crippen LogP contribution in [-0.2, 0) is 4.74 Å². The number of anilines is 1. The number of hydrogen-bond donors (Lipinski definition) is 1. The standard InChI is InChI=1S/C14H17N3O2/c1-10(12-5-6-18-8-12)16-13-4-2-3-11(7-13)14-17-15-9-19-14/h2-4,7,9-10,12,16H,5-6,8H2,1H3. The highest BCUT2D eigenvalue weighted by atomic mass is 16.5. The summed E-state index contributed by atoms with van der Waals surface area (Å²) in [6, 6.07) is 8.41. The van der Waals surface area contributed by atoms with Crippen molar-refractivity contribution in [1.82, 2.24) is 10.2 Å². The predicted molar refractivity (Wildman–Crippen MR) is 71.7 cm³/mol. The van der Waals surface area contributed by atoms with Crippen LogP contribution in [-0.4, -0.2) is 29.5 Å². The zero-order chi connectivity index (χ0) is 13.1.